The minimum absolute atomic E-state index is 0.00815. The molecule has 3 aromatic rings. The summed E-state index contributed by atoms with van der Waals surface area (Å²) in [5.74, 6) is -3.06. The lowest BCUT2D eigenvalue weighted by molar-refractivity contribution is -0.117. The second-order valence-electron chi connectivity index (χ2n) is 7.71. The van der Waals surface area contributed by atoms with E-state index in [-0.39, 0.29) is 16.8 Å². The van der Waals surface area contributed by atoms with Crippen LogP contribution in [0.2, 0.25) is 0 Å². The number of carboxylic acids is 1. The third-order valence-corrected chi connectivity index (χ3v) is 5.46. The number of benzene rings is 3. The molecule has 1 aliphatic rings. The van der Waals surface area contributed by atoms with Gasteiger partial charge in [0.2, 0.25) is 0 Å². The van der Waals surface area contributed by atoms with Gasteiger partial charge in [0.1, 0.15) is 0 Å². The SMILES string of the molecule is Cc1ccc([C@@H]2C(C(=O)/C=C/c3ccccc3)=C(O)C(=O)N2c2cccc(C(=O)O)c2)cc1. The first kappa shape index (κ1) is 21.8. The molecule has 0 radical (unpaired) electrons. The lowest BCUT2D eigenvalue weighted by atomic mass is 9.94. The molecular weight excluding hydrogens is 418 g/mol. The lowest BCUT2D eigenvalue weighted by Gasteiger charge is -2.27. The van der Waals surface area contributed by atoms with Crippen molar-refractivity contribution in [3.63, 3.8) is 0 Å². The van der Waals surface area contributed by atoms with Gasteiger partial charge >= 0.3 is 5.97 Å². The van der Waals surface area contributed by atoms with E-state index >= 15 is 0 Å². The van der Waals surface area contributed by atoms with E-state index in [1.165, 1.54) is 29.2 Å². The van der Waals surface area contributed by atoms with Crippen molar-refractivity contribution < 1.29 is 24.6 Å². The summed E-state index contributed by atoms with van der Waals surface area (Å²) in [5.41, 5.74) is 2.62. The number of hydrogen-bond donors (Lipinski definition) is 2. The van der Waals surface area contributed by atoms with Gasteiger partial charge in [0.15, 0.2) is 11.5 Å². The van der Waals surface area contributed by atoms with Crippen molar-refractivity contribution in [2.45, 2.75) is 13.0 Å². The van der Waals surface area contributed by atoms with Crippen molar-refractivity contribution in [1.82, 2.24) is 0 Å². The molecule has 1 aliphatic heterocycles. The highest BCUT2D eigenvalue weighted by Gasteiger charge is 2.43. The quantitative estimate of drug-likeness (QED) is 0.534. The van der Waals surface area contributed by atoms with Crippen LogP contribution in [-0.4, -0.2) is 27.9 Å². The Labute approximate surface area is 190 Å². The van der Waals surface area contributed by atoms with Crippen LogP contribution >= 0.6 is 0 Å². The molecule has 0 bridgehead atoms. The van der Waals surface area contributed by atoms with Crippen molar-refractivity contribution in [2.75, 3.05) is 4.90 Å². The molecule has 1 amide bonds. The van der Waals surface area contributed by atoms with Crippen molar-refractivity contribution in [2.24, 2.45) is 0 Å². The maximum atomic E-state index is 13.2. The summed E-state index contributed by atoms with van der Waals surface area (Å²) in [5, 5.41) is 20.1. The van der Waals surface area contributed by atoms with Crippen LogP contribution in [0, 0.1) is 6.92 Å². The first-order chi connectivity index (χ1) is 15.9. The third kappa shape index (κ3) is 4.32. The molecule has 0 aliphatic carbocycles. The van der Waals surface area contributed by atoms with Crippen LogP contribution in [0.15, 0.2) is 96.3 Å². The van der Waals surface area contributed by atoms with Gasteiger partial charge < -0.3 is 10.2 Å². The number of aliphatic hydroxyl groups is 1. The van der Waals surface area contributed by atoms with E-state index in [0.717, 1.165) is 11.1 Å². The summed E-state index contributed by atoms with van der Waals surface area (Å²) in [6.45, 7) is 1.92. The zero-order valence-electron chi connectivity index (χ0n) is 17.8. The molecule has 0 unspecified atom stereocenters. The number of rotatable bonds is 6. The zero-order valence-corrected chi connectivity index (χ0v) is 17.8. The van der Waals surface area contributed by atoms with Gasteiger partial charge in [-0.05, 0) is 42.3 Å². The van der Waals surface area contributed by atoms with E-state index in [9.17, 15) is 24.6 Å². The third-order valence-electron chi connectivity index (χ3n) is 5.46. The number of nitrogens with zero attached hydrogens (tertiary/aromatic N) is 1. The largest absolute Gasteiger partial charge is 0.503 e. The second-order valence-corrected chi connectivity index (χ2v) is 7.71. The predicted octanol–water partition coefficient (Wildman–Crippen LogP) is 4.88. The number of anilines is 1. The predicted molar refractivity (Wildman–Crippen MR) is 125 cm³/mol. The van der Waals surface area contributed by atoms with Crippen LogP contribution < -0.4 is 4.90 Å². The van der Waals surface area contributed by atoms with Crippen LogP contribution in [0.4, 0.5) is 5.69 Å². The molecular formula is C27H21NO5. The number of allylic oxidation sites excluding steroid dienone is 1. The van der Waals surface area contributed by atoms with Crippen LogP contribution in [-0.2, 0) is 9.59 Å². The molecule has 33 heavy (non-hydrogen) atoms. The van der Waals surface area contributed by atoms with Gasteiger partial charge in [-0.3, -0.25) is 14.5 Å². The number of aryl methyl sites for hydroxylation is 1. The Morgan fingerprint density at radius 1 is 0.939 bits per heavy atom. The van der Waals surface area contributed by atoms with E-state index in [1.54, 1.807) is 24.3 Å². The number of aliphatic hydroxyl groups excluding tert-OH is 1. The molecule has 6 heteroatoms. The van der Waals surface area contributed by atoms with Crippen LogP contribution in [0.1, 0.15) is 33.1 Å². The number of aromatic carboxylic acids is 1. The van der Waals surface area contributed by atoms with Gasteiger partial charge in [-0.15, -0.1) is 0 Å². The number of hydrogen-bond acceptors (Lipinski definition) is 4. The van der Waals surface area contributed by atoms with Crippen molar-refractivity contribution in [3.8, 4) is 0 Å². The summed E-state index contributed by atoms with van der Waals surface area (Å²) in [6.07, 6.45) is 2.94. The molecule has 3 aromatic carbocycles. The van der Waals surface area contributed by atoms with Gasteiger partial charge in [0.25, 0.3) is 5.91 Å². The number of ketones is 1. The molecule has 4 rings (SSSR count). The maximum absolute atomic E-state index is 13.2. The highest BCUT2D eigenvalue weighted by Crippen LogP contribution is 2.41. The standard InChI is InChI=1S/C27H21NO5/c1-17-10-13-19(14-11-17)24-23(22(29)15-12-18-6-3-2-4-7-18)25(30)26(31)28(24)21-9-5-8-20(16-21)27(32)33/h2-16,24,30H,1H3,(H,32,33)/b15-12+/t24-/m1/s1. The summed E-state index contributed by atoms with van der Waals surface area (Å²) >= 11 is 0. The first-order valence-electron chi connectivity index (χ1n) is 10.3. The molecule has 6 nitrogen and oxygen atoms in total. The first-order valence-corrected chi connectivity index (χ1v) is 10.3. The van der Waals surface area contributed by atoms with E-state index in [2.05, 4.69) is 0 Å². The molecule has 2 N–H and O–H groups in total. The highest BCUT2D eigenvalue weighted by atomic mass is 16.4. The molecule has 1 atom stereocenters. The van der Waals surface area contributed by atoms with Crippen molar-refractivity contribution >= 4 is 29.4 Å². The van der Waals surface area contributed by atoms with Crippen LogP contribution in [0.3, 0.4) is 0 Å². The molecule has 0 saturated carbocycles. The van der Waals surface area contributed by atoms with Gasteiger partial charge in [0, 0.05) is 5.69 Å². The van der Waals surface area contributed by atoms with Crippen molar-refractivity contribution in [3.05, 3.63) is 119 Å². The minimum atomic E-state index is -1.14. The van der Waals surface area contributed by atoms with Gasteiger partial charge in [-0.1, -0.05) is 72.3 Å². The summed E-state index contributed by atoms with van der Waals surface area (Å²) < 4.78 is 0. The molecule has 0 saturated heterocycles. The molecule has 0 fully saturated rings. The summed E-state index contributed by atoms with van der Waals surface area (Å²) in [6, 6.07) is 21.4. The Balaban J connectivity index is 1.81. The highest BCUT2D eigenvalue weighted by molar-refractivity contribution is 6.20. The maximum Gasteiger partial charge on any atom is 0.335 e. The van der Waals surface area contributed by atoms with E-state index in [0.29, 0.717) is 5.56 Å². The minimum Gasteiger partial charge on any atom is -0.503 e. The van der Waals surface area contributed by atoms with E-state index in [1.807, 2.05) is 49.4 Å². The number of carbonyl (C=O) groups excluding carboxylic acids is 2. The van der Waals surface area contributed by atoms with Crippen molar-refractivity contribution in [1.29, 1.82) is 0 Å². The topological polar surface area (TPSA) is 94.9 Å². The number of carboxylic acid groups (broad SMARTS) is 1. The monoisotopic (exact) mass is 439 g/mol. The number of amides is 1. The molecule has 164 valence electrons. The normalized spacial score (nSPS) is 16.0. The molecule has 0 aromatic heterocycles. The Hall–Kier alpha value is -4.45. The zero-order chi connectivity index (χ0) is 23.5. The Morgan fingerprint density at radius 2 is 1.64 bits per heavy atom. The van der Waals surface area contributed by atoms with Gasteiger partial charge in [-0.25, -0.2) is 4.79 Å². The summed E-state index contributed by atoms with van der Waals surface area (Å²) in [4.78, 5) is 39.0. The fraction of sp³-hybridized carbons (Fsp3) is 0.0741. The fourth-order valence-corrected chi connectivity index (χ4v) is 3.80. The average Bonchev–Trinajstić information content (AvgIpc) is 3.09. The van der Waals surface area contributed by atoms with Gasteiger partial charge in [-0.2, -0.15) is 0 Å². The smallest absolute Gasteiger partial charge is 0.335 e. The second kappa shape index (κ2) is 8.96. The fourth-order valence-electron chi connectivity index (χ4n) is 3.80. The Kier molecular flexibility index (Phi) is 5.91. The van der Waals surface area contributed by atoms with Crippen LogP contribution in [0.5, 0.6) is 0 Å². The molecule has 1 heterocycles. The van der Waals surface area contributed by atoms with Crippen LogP contribution in [0.25, 0.3) is 6.08 Å². The van der Waals surface area contributed by atoms with Gasteiger partial charge in [0.05, 0.1) is 17.2 Å². The summed E-state index contributed by atoms with van der Waals surface area (Å²) in [7, 11) is 0. The average molecular weight is 439 g/mol. The van der Waals surface area contributed by atoms with E-state index in [4.69, 9.17) is 0 Å². The molecule has 0 spiro atoms. The Bertz CT molecular complexity index is 1290. The Morgan fingerprint density at radius 3 is 2.30 bits per heavy atom. The lowest BCUT2D eigenvalue weighted by Crippen LogP contribution is -2.31. The van der Waals surface area contributed by atoms with E-state index < -0.39 is 29.5 Å². The number of carbonyl (C=O) groups is 3.